The van der Waals surface area contributed by atoms with Gasteiger partial charge in [0.1, 0.15) is 12.4 Å². The fourth-order valence-corrected chi connectivity index (χ4v) is 2.08. The number of ether oxygens (including phenoxy) is 1. The van der Waals surface area contributed by atoms with Crippen molar-refractivity contribution < 1.29 is 9.53 Å². The van der Waals surface area contributed by atoms with Crippen LogP contribution in [0, 0.1) is 0 Å². The Morgan fingerprint density at radius 1 is 1.19 bits per heavy atom. The Hall–Kier alpha value is -1.77. The van der Waals surface area contributed by atoms with Crippen molar-refractivity contribution in [3.05, 3.63) is 42.5 Å². The zero-order valence-corrected chi connectivity index (χ0v) is 18.0. The van der Waals surface area contributed by atoms with Gasteiger partial charge in [0.2, 0.25) is 5.91 Å². The molecule has 0 spiro atoms. The molecule has 0 aromatic heterocycles. The average molecular weight is 474 g/mol. The first-order valence-corrected chi connectivity index (χ1v) is 8.81. The zero-order valence-electron chi connectivity index (χ0n) is 15.7. The fourth-order valence-electron chi connectivity index (χ4n) is 2.08. The first-order chi connectivity index (χ1) is 12.2. The molecule has 0 bridgehead atoms. The van der Waals surface area contributed by atoms with Crippen LogP contribution in [0.1, 0.15) is 32.3 Å². The van der Waals surface area contributed by atoms with E-state index in [1.807, 2.05) is 38.1 Å². The molecule has 1 aromatic rings. The van der Waals surface area contributed by atoms with Crippen molar-refractivity contribution in [2.75, 3.05) is 26.2 Å². The highest BCUT2D eigenvalue weighted by Crippen LogP contribution is 2.18. The van der Waals surface area contributed by atoms with Crippen LogP contribution in [0.15, 0.2) is 41.9 Å². The molecule has 26 heavy (non-hydrogen) atoms. The highest BCUT2D eigenvalue weighted by Gasteiger charge is 2.04. The number of carbonyl (C=O) groups excluding carboxylic acids is 1. The summed E-state index contributed by atoms with van der Waals surface area (Å²) in [6, 6.07) is 7.81. The molecular weight excluding hydrogens is 443 g/mol. The van der Waals surface area contributed by atoms with Crippen molar-refractivity contribution in [3.8, 4) is 5.75 Å². The van der Waals surface area contributed by atoms with Crippen molar-refractivity contribution >= 4 is 35.8 Å². The molecule has 0 saturated heterocycles. The van der Waals surface area contributed by atoms with Gasteiger partial charge in [-0.1, -0.05) is 37.8 Å². The van der Waals surface area contributed by atoms with Gasteiger partial charge in [-0.05, 0) is 19.4 Å². The summed E-state index contributed by atoms with van der Waals surface area (Å²) >= 11 is 0. The highest BCUT2D eigenvalue weighted by molar-refractivity contribution is 14.0. The molecule has 6 nitrogen and oxygen atoms in total. The van der Waals surface area contributed by atoms with E-state index in [9.17, 15) is 4.79 Å². The molecule has 0 atom stereocenters. The Morgan fingerprint density at radius 2 is 1.96 bits per heavy atom. The molecule has 146 valence electrons. The molecule has 0 radical (unpaired) electrons. The van der Waals surface area contributed by atoms with Gasteiger partial charge in [0.15, 0.2) is 5.96 Å². The summed E-state index contributed by atoms with van der Waals surface area (Å²) in [7, 11) is 0. The van der Waals surface area contributed by atoms with Crippen molar-refractivity contribution in [2.45, 2.75) is 33.2 Å². The molecule has 1 amide bonds. The summed E-state index contributed by atoms with van der Waals surface area (Å²) in [6.07, 6.45) is 3.08. The predicted molar refractivity (Wildman–Crippen MR) is 118 cm³/mol. The number of hydrogen-bond acceptors (Lipinski definition) is 3. The second kappa shape index (κ2) is 15.5. The van der Waals surface area contributed by atoms with Crippen LogP contribution in [0.3, 0.4) is 0 Å². The number of aliphatic imine (C=N–C) groups is 1. The van der Waals surface area contributed by atoms with E-state index < -0.39 is 0 Å². The maximum atomic E-state index is 11.6. The molecule has 0 saturated carbocycles. The van der Waals surface area contributed by atoms with Gasteiger partial charge >= 0.3 is 0 Å². The lowest BCUT2D eigenvalue weighted by atomic mass is 10.2. The van der Waals surface area contributed by atoms with Crippen LogP contribution in [0.4, 0.5) is 0 Å². The third-order valence-corrected chi connectivity index (χ3v) is 3.30. The van der Waals surface area contributed by atoms with Gasteiger partial charge in [0, 0.05) is 31.6 Å². The van der Waals surface area contributed by atoms with Crippen molar-refractivity contribution in [1.82, 2.24) is 16.0 Å². The van der Waals surface area contributed by atoms with Crippen LogP contribution in [0.5, 0.6) is 5.75 Å². The van der Waals surface area contributed by atoms with Gasteiger partial charge in [0.25, 0.3) is 0 Å². The Bertz CT molecular complexity index is 564. The minimum atomic E-state index is 0. The summed E-state index contributed by atoms with van der Waals surface area (Å²) in [5, 5.41) is 9.22. The number of carbonyl (C=O) groups is 1. The molecule has 0 unspecified atom stereocenters. The number of halogens is 1. The number of guanidine groups is 1. The highest BCUT2D eigenvalue weighted by atomic mass is 127. The second-order valence-corrected chi connectivity index (χ2v) is 5.43. The molecule has 0 aliphatic carbocycles. The van der Waals surface area contributed by atoms with Crippen LogP contribution in [0.2, 0.25) is 0 Å². The summed E-state index contributed by atoms with van der Waals surface area (Å²) in [5.41, 5.74) is 1.00. The van der Waals surface area contributed by atoms with E-state index in [1.165, 1.54) is 0 Å². The number of para-hydroxylation sites is 1. The number of nitrogens with zero attached hydrogens (tertiary/aromatic N) is 1. The van der Waals surface area contributed by atoms with Crippen LogP contribution < -0.4 is 20.7 Å². The number of rotatable bonds is 11. The van der Waals surface area contributed by atoms with Crippen molar-refractivity contribution in [1.29, 1.82) is 0 Å². The van der Waals surface area contributed by atoms with Gasteiger partial charge in [-0.15, -0.1) is 24.0 Å². The monoisotopic (exact) mass is 474 g/mol. The van der Waals surface area contributed by atoms with E-state index in [0.717, 1.165) is 24.3 Å². The van der Waals surface area contributed by atoms with E-state index in [0.29, 0.717) is 38.6 Å². The van der Waals surface area contributed by atoms with Gasteiger partial charge < -0.3 is 20.7 Å². The number of hydrogen-bond donors (Lipinski definition) is 3. The first kappa shape index (κ1) is 24.2. The molecule has 3 N–H and O–H groups in total. The third kappa shape index (κ3) is 10.3. The Morgan fingerprint density at radius 3 is 2.65 bits per heavy atom. The van der Waals surface area contributed by atoms with E-state index in [-0.39, 0.29) is 29.9 Å². The molecule has 0 fully saturated rings. The maximum Gasteiger partial charge on any atom is 0.221 e. The van der Waals surface area contributed by atoms with Gasteiger partial charge in [0.05, 0.1) is 6.54 Å². The van der Waals surface area contributed by atoms with E-state index in [4.69, 9.17) is 4.74 Å². The minimum Gasteiger partial charge on any atom is -0.489 e. The topological polar surface area (TPSA) is 74.8 Å². The van der Waals surface area contributed by atoms with Crippen LogP contribution >= 0.6 is 24.0 Å². The number of nitrogens with one attached hydrogen (secondary N) is 3. The molecule has 1 aromatic carbocycles. The maximum absolute atomic E-state index is 11.6. The zero-order chi connectivity index (χ0) is 18.3. The number of benzene rings is 1. The second-order valence-electron chi connectivity index (χ2n) is 5.43. The van der Waals surface area contributed by atoms with E-state index in [1.54, 1.807) is 6.08 Å². The Kier molecular flexibility index (Phi) is 14.4. The summed E-state index contributed by atoms with van der Waals surface area (Å²) in [5.74, 6) is 1.54. The quantitative estimate of drug-likeness (QED) is 0.200. The molecule has 7 heteroatoms. The number of amides is 1. The van der Waals surface area contributed by atoms with Gasteiger partial charge in [-0.3, -0.25) is 4.79 Å². The van der Waals surface area contributed by atoms with Crippen LogP contribution in [0.25, 0.3) is 0 Å². The fraction of sp³-hybridized carbons (Fsp3) is 0.474. The lowest BCUT2D eigenvalue weighted by molar-refractivity contribution is -0.120. The Balaban J connectivity index is 0.00000625. The summed E-state index contributed by atoms with van der Waals surface area (Å²) in [6.45, 7) is 10.7. The molecule has 0 aliphatic heterocycles. The summed E-state index contributed by atoms with van der Waals surface area (Å²) < 4.78 is 5.65. The van der Waals surface area contributed by atoms with E-state index in [2.05, 4.69) is 27.5 Å². The first-order valence-electron chi connectivity index (χ1n) is 8.81. The normalized spacial score (nSPS) is 10.5. The van der Waals surface area contributed by atoms with Crippen LogP contribution in [-0.2, 0) is 11.3 Å². The molecule has 1 rings (SSSR count). The third-order valence-electron chi connectivity index (χ3n) is 3.30. The van der Waals surface area contributed by atoms with Gasteiger partial charge in [-0.25, -0.2) is 4.99 Å². The molecular formula is C19H31IN4O2. The van der Waals surface area contributed by atoms with Crippen molar-refractivity contribution in [2.24, 2.45) is 4.99 Å². The Labute approximate surface area is 173 Å². The van der Waals surface area contributed by atoms with E-state index >= 15 is 0 Å². The largest absolute Gasteiger partial charge is 0.489 e. The predicted octanol–water partition coefficient (Wildman–Crippen LogP) is 2.84. The molecule has 0 heterocycles. The van der Waals surface area contributed by atoms with Crippen molar-refractivity contribution in [3.63, 3.8) is 0 Å². The van der Waals surface area contributed by atoms with Crippen LogP contribution in [-0.4, -0.2) is 38.1 Å². The van der Waals surface area contributed by atoms with Gasteiger partial charge in [-0.2, -0.15) is 0 Å². The standard InChI is InChI=1S/C19H30N4O2.HI/c1-4-12-21-18(24)11-13-22-19(20-6-3)23-15-16-9-7-8-10-17(16)25-14-5-2;/h5,7-10H,2,4,6,11-15H2,1,3H3,(H,21,24)(H2,20,22,23);1H. The molecule has 0 aliphatic rings. The SMILES string of the molecule is C=CCOc1ccccc1CN=C(NCC)NCCC(=O)NCCC.I. The lowest BCUT2D eigenvalue weighted by Gasteiger charge is -2.12. The minimum absolute atomic E-state index is 0. The average Bonchev–Trinajstić information content (AvgIpc) is 2.63. The smallest absolute Gasteiger partial charge is 0.221 e. The lowest BCUT2D eigenvalue weighted by Crippen LogP contribution is -2.39. The summed E-state index contributed by atoms with van der Waals surface area (Å²) in [4.78, 5) is 16.2.